The van der Waals surface area contributed by atoms with Crippen LogP contribution in [0.5, 0.6) is 0 Å². The molecule has 6 atom stereocenters. The van der Waals surface area contributed by atoms with Crippen molar-refractivity contribution in [3.8, 4) is 11.4 Å². The molecule has 3 amide bonds. The molecule has 0 bridgehead atoms. The molecule has 0 spiro atoms. The summed E-state index contributed by atoms with van der Waals surface area (Å²) >= 11 is 1.36. The smallest absolute Gasteiger partial charge is 0.320 e. The van der Waals surface area contributed by atoms with Crippen molar-refractivity contribution in [3.05, 3.63) is 108 Å². The van der Waals surface area contributed by atoms with E-state index in [2.05, 4.69) is 77.1 Å². The Balaban J connectivity index is 0.668. The Bertz CT molecular complexity index is 3590. The van der Waals surface area contributed by atoms with Crippen LogP contribution in [0.3, 0.4) is 0 Å². The van der Waals surface area contributed by atoms with Crippen LogP contribution in [-0.2, 0) is 64.5 Å². The van der Waals surface area contributed by atoms with Gasteiger partial charge in [0.15, 0.2) is 29.0 Å². The Kier molecular flexibility index (Phi) is 31.1. The van der Waals surface area contributed by atoms with Crippen molar-refractivity contribution in [1.82, 2.24) is 55.9 Å². The number of carboxylic acid groups (broad SMARTS) is 1. The van der Waals surface area contributed by atoms with E-state index in [0.717, 1.165) is 16.7 Å². The maximum atomic E-state index is 13.7. The predicted molar refractivity (Wildman–Crippen MR) is 361 cm³/mol. The first-order valence-corrected chi connectivity index (χ1v) is 34.1. The summed E-state index contributed by atoms with van der Waals surface area (Å²) in [6, 6.07) is 19.4. The average Bonchev–Trinajstić information content (AvgIpc) is 1.63. The van der Waals surface area contributed by atoms with Gasteiger partial charge in [0, 0.05) is 74.2 Å². The van der Waals surface area contributed by atoms with E-state index in [-0.39, 0.29) is 68.3 Å². The van der Waals surface area contributed by atoms with Gasteiger partial charge in [-0.25, -0.2) is 15.0 Å². The number of amides is 3. The third kappa shape index (κ3) is 25.6. The van der Waals surface area contributed by atoms with E-state index < -0.39 is 60.1 Å². The summed E-state index contributed by atoms with van der Waals surface area (Å²) in [6.07, 6.45) is 1.96. The predicted octanol–water partition coefficient (Wildman–Crippen LogP) is 5.01. The molecule has 0 aliphatic carbocycles. The number of hydrogen-bond acceptors (Lipinski definition) is 28. The highest BCUT2D eigenvalue weighted by molar-refractivity contribution is 7.99. The van der Waals surface area contributed by atoms with Crippen LogP contribution in [0.1, 0.15) is 105 Å². The molecule has 99 heavy (non-hydrogen) atoms. The number of ketones is 2. The van der Waals surface area contributed by atoms with Gasteiger partial charge in [0.05, 0.1) is 89.9 Å². The minimum absolute atomic E-state index is 0.0188. The zero-order chi connectivity index (χ0) is 70.2. The molecule has 6 aromatic rings. The van der Waals surface area contributed by atoms with Gasteiger partial charge in [-0.2, -0.15) is 32.2 Å². The number of rotatable bonds is 48. The quantitative estimate of drug-likeness (QED) is 0.0184. The van der Waals surface area contributed by atoms with Gasteiger partial charge >= 0.3 is 5.97 Å². The third-order valence-corrected chi connectivity index (χ3v) is 16.9. The van der Waals surface area contributed by atoms with E-state index in [0.29, 0.717) is 163 Å². The monoisotopic (exact) mass is 1390 g/mol. The molecule has 3 aromatic carbocycles. The van der Waals surface area contributed by atoms with Crippen LogP contribution in [0.15, 0.2) is 106 Å². The van der Waals surface area contributed by atoms with Crippen molar-refractivity contribution < 1.29 is 72.5 Å². The molecule has 33 heteroatoms. The van der Waals surface area contributed by atoms with E-state index in [4.69, 9.17) is 39.3 Å². The number of Topliss-reactive ketones (excluding diaryl/α,β-unsaturated/α-hetero) is 2. The SMILES string of the molecule is Cc1nnc(-c2ccc(CCC(=O)CCOCCOCCOCCOCCOCCC(=O)CCCNC(=O)[C@@H](CCC(=O)NCCCCNc3ncnc4c3ncn4C3OC(CSCCC(N)C(=O)O)C(O)C3O)NC(=O)c3ccc(N=Nc4ccc(C5(C)N=N5)cc4)cc3)cc2)nn1. The second kappa shape index (κ2) is 40.4. The number of thioether (sulfide) groups is 1. The Hall–Kier alpha value is -8.64. The number of aliphatic hydroxyl groups excluding tert-OH is 2. The summed E-state index contributed by atoms with van der Waals surface area (Å²) in [5.74, 6) is -0.303. The summed E-state index contributed by atoms with van der Waals surface area (Å²) in [6.45, 7) is 7.92. The van der Waals surface area contributed by atoms with E-state index in [1.165, 1.54) is 29.0 Å². The lowest BCUT2D eigenvalue weighted by Gasteiger charge is -2.18. The van der Waals surface area contributed by atoms with Gasteiger partial charge in [-0.3, -0.25) is 33.3 Å². The lowest BCUT2D eigenvalue weighted by Crippen LogP contribution is -2.47. The highest BCUT2D eigenvalue weighted by atomic mass is 32.2. The number of carbonyl (C=O) groups excluding carboxylic acids is 5. The number of carbonyl (C=O) groups is 6. The van der Waals surface area contributed by atoms with Crippen molar-refractivity contribution in [1.29, 1.82) is 0 Å². The summed E-state index contributed by atoms with van der Waals surface area (Å²) in [4.78, 5) is 89.7. The molecule has 8 rings (SSSR count). The van der Waals surface area contributed by atoms with Crippen molar-refractivity contribution in [3.63, 3.8) is 0 Å². The number of aryl methyl sites for hydroxylation is 2. The Morgan fingerprint density at radius 3 is 1.90 bits per heavy atom. The van der Waals surface area contributed by atoms with Crippen LogP contribution in [0.25, 0.3) is 22.6 Å². The van der Waals surface area contributed by atoms with Crippen molar-refractivity contribution in [2.45, 2.75) is 127 Å². The summed E-state index contributed by atoms with van der Waals surface area (Å²) in [7, 11) is 0. The van der Waals surface area contributed by atoms with Crippen LogP contribution in [0.2, 0.25) is 0 Å². The number of nitrogens with two attached hydrogens (primary N) is 1. The van der Waals surface area contributed by atoms with Crippen LogP contribution in [0, 0.1) is 6.92 Å². The molecule has 0 radical (unpaired) electrons. The van der Waals surface area contributed by atoms with Gasteiger partial charge in [-0.15, -0.1) is 20.4 Å². The van der Waals surface area contributed by atoms with Crippen molar-refractivity contribution in [2.24, 2.45) is 26.2 Å². The molecule has 32 nitrogen and oxygen atoms in total. The fourth-order valence-corrected chi connectivity index (χ4v) is 11.0. The average molecular weight is 1390 g/mol. The molecule has 1 saturated heterocycles. The first-order valence-electron chi connectivity index (χ1n) is 33.0. The van der Waals surface area contributed by atoms with Gasteiger partial charge in [0.25, 0.3) is 5.91 Å². The van der Waals surface area contributed by atoms with Crippen molar-refractivity contribution in [2.75, 3.05) is 103 Å². The third-order valence-electron chi connectivity index (χ3n) is 15.8. The van der Waals surface area contributed by atoms with Crippen LogP contribution in [-0.4, -0.2) is 218 Å². The van der Waals surface area contributed by atoms with E-state index in [9.17, 15) is 39.0 Å². The number of benzene rings is 3. The number of nitrogens with zero attached hydrogens (tertiary/aromatic N) is 12. The number of imidazole rings is 1. The second-order valence-corrected chi connectivity index (χ2v) is 24.6. The molecular formula is C66H87N17O15S. The second-order valence-electron chi connectivity index (χ2n) is 23.5. The standard InChI is InChI=1S/C66H87N17O15S/c1-43-75-79-59(80-76-43)45-10-7-44(8-11-45)9-20-51(85)24-30-94-32-34-96-36-38-97-37-35-95-33-31-93-29-23-50(84)6-5-28-70-63(90)53(74-62(89)46-12-16-48(17-13-46)77-78-49-18-14-47(15-19-49)66(2)81-82-66)21-22-55(86)68-26-3-4-27-69-60-56-61(72-41-71-60)83(42-73-56)64-58(88)57(87)54(98-64)40-99-39-25-52(67)65(91)92/h7-8,10-19,41-42,52-54,57-58,64,87-88H,3-6,9,20-40,67H2,1-2H3,(H,68,86)(H,70,90)(H,74,89)(H,91,92)(H,69,71,72)/t52?,53-,54?,57?,58?,64?/m1/s1. The van der Waals surface area contributed by atoms with Gasteiger partial charge in [-0.05, 0) is 100 Å². The zero-order valence-corrected chi connectivity index (χ0v) is 56.3. The molecule has 9 N–H and O–H groups in total. The van der Waals surface area contributed by atoms with Crippen LogP contribution < -0.4 is 27.0 Å². The fraction of sp³-hybridized carbons (Fsp3) is 0.530. The Morgan fingerprint density at radius 1 is 0.677 bits per heavy atom. The number of aliphatic carboxylic acids is 1. The lowest BCUT2D eigenvalue weighted by atomic mass is 10.0. The summed E-state index contributed by atoms with van der Waals surface area (Å²) in [5, 5.41) is 75.1. The number of hydrogen-bond donors (Lipinski definition) is 8. The summed E-state index contributed by atoms with van der Waals surface area (Å²) in [5.41, 5.74) is 10.0. The Labute approximate surface area is 576 Å². The zero-order valence-electron chi connectivity index (χ0n) is 55.5. The minimum atomic E-state index is -1.29. The van der Waals surface area contributed by atoms with Crippen molar-refractivity contribution >= 4 is 75.4 Å². The van der Waals surface area contributed by atoms with Crippen LogP contribution in [0.4, 0.5) is 17.2 Å². The molecular weight excluding hydrogens is 1300 g/mol. The largest absolute Gasteiger partial charge is 0.480 e. The van der Waals surface area contributed by atoms with E-state index in [1.807, 2.05) is 55.5 Å². The van der Waals surface area contributed by atoms with Gasteiger partial charge < -0.3 is 70.7 Å². The molecule has 0 saturated carbocycles. The number of anilines is 1. The summed E-state index contributed by atoms with van der Waals surface area (Å²) < 4.78 is 35.4. The topological polar surface area (TPSA) is 437 Å². The highest BCUT2D eigenvalue weighted by Crippen LogP contribution is 2.39. The van der Waals surface area contributed by atoms with Gasteiger partial charge in [0.2, 0.25) is 23.3 Å². The number of unbranched alkanes of at least 4 members (excludes halogenated alkanes) is 1. The molecule has 5 unspecified atom stereocenters. The number of nitrogens with one attached hydrogen (secondary N) is 4. The number of azo groups is 1. The first-order chi connectivity index (χ1) is 48.0. The molecule has 5 heterocycles. The number of aromatic nitrogens is 8. The van der Waals surface area contributed by atoms with E-state index in [1.54, 1.807) is 31.2 Å². The number of ether oxygens (including phenoxy) is 6. The number of aliphatic hydroxyl groups is 2. The van der Waals surface area contributed by atoms with E-state index >= 15 is 0 Å². The molecule has 3 aromatic heterocycles. The normalized spacial score (nSPS) is 16.8. The first kappa shape index (κ1) is 76.1. The highest BCUT2D eigenvalue weighted by Gasteiger charge is 2.44. The molecule has 2 aliphatic rings. The maximum absolute atomic E-state index is 13.7. The maximum Gasteiger partial charge on any atom is 0.320 e. The lowest BCUT2D eigenvalue weighted by molar-refractivity contribution is -0.138. The molecule has 532 valence electrons. The Morgan fingerprint density at radius 2 is 1.27 bits per heavy atom. The number of carboxylic acids is 1. The molecule has 2 aliphatic heterocycles. The molecule has 1 fully saturated rings. The fourth-order valence-electron chi connectivity index (χ4n) is 9.91. The van der Waals surface area contributed by atoms with Gasteiger partial charge in [-0.1, -0.05) is 36.4 Å². The minimum Gasteiger partial charge on any atom is -0.480 e. The van der Waals surface area contributed by atoms with Crippen LogP contribution >= 0.6 is 11.8 Å². The van der Waals surface area contributed by atoms with Gasteiger partial charge in [0.1, 0.15) is 42.2 Å². The number of fused-ring (bicyclic) bond motifs is 1.